The Bertz CT molecular complexity index is 1870. The van der Waals surface area contributed by atoms with Crippen molar-refractivity contribution in [3.8, 4) is 16.9 Å². The third kappa shape index (κ3) is 6.28. The number of pyridine rings is 1. The molecule has 1 amide bonds. The number of ether oxygens (including phenoxy) is 2. The Labute approximate surface area is 263 Å². The molecule has 5 aromatic rings. The first-order valence-corrected chi connectivity index (χ1v) is 14.6. The number of piperazine rings is 1. The zero-order chi connectivity index (χ0) is 32.2. The fourth-order valence-corrected chi connectivity index (χ4v) is 5.43. The third-order valence-electron chi connectivity index (χ3n) is 7.87. The fraction of sp³-hybridized carbons (Fsp3) is 0.290. The van der Waals surface area contributed by atoms with Crippen LogP contribution in [-0.4, -0.2) is 111 Å². The van der Waals surface area contributed by atoms with Crippen LogP contribution < -0.4 is 10.6 Å². The Morgan fingerprint density at radius 1 is 1.11 bits per heavy atom. The molecule has 1 fully saturated rings. The van der Waals surface area contributed by atoms with Crippen molar-refractivity contribution in [2.24, 2.45) is 0 Å². The topological polar surface area (TPSA) is 155 Å². The standard InChI is InChI=1S/C31H33FN10O4/c1-40-9-11-41(12-10-40)26(18-45-2)29(43)38-24-6-4-5-20-21(15-34-28(20)24)27-23(32)16-35-31(39-27)37-19-13-36-42(17-19)25-7-8-33-14-22(25)30(44)46-3/h4-8,13-17,26,34H,9-12,18H2,1-3H3,(H,38,43)(H,35,37,39)/t26-/m1/s1. The zero-order valence-corrected chi connectivity index (χ0v) is 25.5. The van der Waals surface area contributed by atoms with Gasteiger partial charge in [0.2, 0.25) is 11.9 Å². The van der Waals surface area contributed by atoms with Crippen LogP contribution in [0.15, 0.2) is 61.4 Å². The van der Waals surface area contributed by atoms with Gasteiger partial charge in [0.25, 0.3) is 0 Å². The van der Waals surface area contributed by atoms with Gasteiger partial charge in [0.15, 0.2) is 5.82 Å². The Kier molecular flexibility index (Phi) is 8.96. The van der Waals surface area contributed by atoms with E-state index in [1.54, 1.807) is 37.7 Å². The summed E-state index contributed by atoms with van der Waals surface area (Å²) in [5, 5.41) is 11.1. The van der Waals surface area contributed by atoms with Crippen LogP contribution >= 0.6 is 0 Å². The van der Waals surface area contributed by atoms with Crippen molar-refractivity contribution in [2.75, 3.05) is 64.7 Å². The molecular formula is C31H33FN10O4. The van der Waals surface area contributed by atoms with Crippen molar-refractivity contribution < 1.29 is 23.5 Å². The predicted molar refractivity (Wildman–Crippen MR) is 169 cm³/mol. The smallest absolute Gasteiger partial charge is 0.341 e. The van der Waals surface area contributed by atoms with Gasteiger partial charge in [0.1, 0.15) is 17.3 Å². The van der Waals surface area contributed by atoms with E-state index in [-0.39, 0.29) is 29.7 Å². The molecule has 0 aliphatic carbocycles. The number of hydrogen-bond donors (Lipinski definition) is 3. The van der Waals surface area contributed by atoms with Crippen LogP contribution in [0.5, 0.6) is 0 Å². The molecular weight excluding hydrogens is 595 g/mol. The number of methoxy groups -OCH3 is 2. The maximum absolute atomic E-state index is 15.2. The highest BCUT2D eigenvalue weighted by molar-refractivity contribution is 6.06. The number of aromatic nitrogens is 6. The minimum Gasteiger partial charge on any atom is -0.465 e. The summed E-state index contributed by atoms with van der Waals surface area (Å²) in [4.78, 5) is 45.7. The lowest BCUT2D eigenvalue weighted by atomic mass is 10.1. The maximum atomic E-state index is 15.2. The summed E-state index contributed by atoms with van der Waals surface area (Å²) < 4.78 is 26.9. The zero-order valence-electron chi connectivity index (χ0n) is 25.5. The molecule has 46 heavy (non-hydrogen) atoms. The molecule has 0 bridgehead atoms. The van der Waals surface area contributed by atoms with E-state index in [2.05, 4.69) is 52.5 Å². The van der Waals surface area contributed by atoms with Gasteiger partial charge >= 0.3 is 5.97 Å². The quantitative estimate of drug-likeness (QED) is 0.196. The van der Waals surface area contributed by atoms with Gasteiger partial charge in [-0.05, 0) is 19.2 Å². The van der Waals surface area contributed by atoms with E-state index in [1.807, 2.05) is 6.07 Å². The van der Waals surface area contributed by atoms with E-state index in [4.69, 9.17) is 9.47 Å². The number of aromatic amines is 1. The molecule has 0 unspecified atom stereocenters. The van der Waals surface area contributed by atoms with E-state index < -0.39 is 17.8 Å². The van der Waals surface area contributed by atoms with Gasteiger partial charge in [-0.2, -0.15) is 5.10 Å². The number of fused-ring (bicyclic) bond motifs is 1. The molecule has 1 aliphatic heterocycles. The molecule has 4 aromatic heterocycles. The lowest BCUT2D eigenvalue weighted by Gasteiger charge is -2.36. The summed E-state index contributed by atoms with van der Waals surface area (Å²) in [6.45, 7) is 3.52. The molecule has 1 aliphatic rings. The lowest BCUT2D eigenvalue weighted by molar-refractivity contribution is -0.124. The molecule has 238 valence electrons. The summed E-state index contributed by atoms with van der Waals surface area (Å²) in [5.74, 6) is -1.22. The fourth-order valence-electron chi connectivity index (χ4n) is 5.43. The highest BCUT2D eigenvalue weighted by Crippen LogP contribution is 2.33. The monoisotopic (exact) mass is 628 g/mol. The normalized spacial score (nSPS) is 14.7. The number of H-pyrrole nitrogens is 1. The van der Waals surface area contributed by atoms with Crippen LogP contribution in [-0.2, 0) is 14.3 Å². The number of benzene rings is 1. The van der Waals surface area contributed by atoms with Gasteiger partial charge < -0.3 is 30.0 Å². The molecule has 5 heterocycles. The maximum Gasteiger partial charge on any atom is 0.341 e. The highest BCUT2D eigenvalue weighted by atomic mass is 19.1. The van der Waals surface area contributed by atoms with Crippen molar-refractivity contribution in [2.45, 2.75) is 6.04 Å². The second kappa shape index (κ2) is 13.4. The van der Waals surface area contributed by atoms with Crippen LogP contribution in [0.25, 0.3) is 27.8 Å². The molecule has 15 heteroatoms. The summed E-state index contributed by atoms with van der Waals surface area (Å²) in [5.41, 5.74) is 2.96. The van der Waals surface area contributed by atoms with E-state index in [1.165, 1.54) is 30.4 Å². The molecule has 0 saturated carbocycles. The van der Waals surface area contributed by atoms with Gasteiger partial charge in [0, 0.05) is 62.8 Å². The van der Waals surface area contributed by atoms with Crippen molar-refractivity contribution in [3.63, 3.8) is 0 Å². The molecule has 1 aromatic carbocycles. The van der Waals surface area contributed by atoms with Crippen LogP contribution in [0.2, 0.25) is 0 Å². The van der Waals surface area contributed by atoms with Gasteiger partial charge in [-0.3, -0.25) is 14.7 Å². The second-order valence-electron chi connectivity index (χ2n) is 10.8. The van der Waals surface area contributed by atoms with Gasteiger partial charge in [-0.15, -0.1) is 0 Å². The summed E-state index contributed by atoms with van der Waals surface area (Å²) >= 11 is 0. The van der Waals surface area contributed by atoms with E-state index in [9.17, 15) is 9.59 Å². The minimum absolute atomic E-state index is 0.0661. The number of nitrogens with one attached hydrogen (secondary N) is 3. The Morgan fingerprint density at radius 3 is 2.72 bits per heavy atom. The van der Waals surface area contributed by atoms with E-state index in [0.717, 1.165) is 32.4 Å². The number of halogens is 1. The largest absolute Gasteiger partial charge is 0.465 e. The molecule has 1 atom stereocenters. The number of para-hydroxylation sites is 1. The van der Waals surface area contributed by atoms with Crippen LogP contribution in [0.3, 0.4) is 0 Å². The van der Waals surface area contributed by atoms with Crippen LogP contribution in [0, 0.1) is 5.82 Å². The van der Waals surface area contributed by atoms with Crippen molar-refractivity contribution >= 4 is 40.1 Å². The van der Waals surface area contributed by atoms with Crippen molar-refractivity contribution in [3.05, 3.63) is 72.8 Å². The number of hydrogen-bond acceptors (Lipinski definition) is 11. The predicted octanol–water partition coefficient (Wildman–Crippen LogP) is 3.08. The van der Waals surface area contributed by atoms with Gasteiger partial charge in [-0.1, -0.05) is 12.1 Å². The van der Waals surface area contributed by atoms with Crippen LogP contribution in [0.1, 0.15) is 10.4 Å². The third-order valence-corrected chi connectivity index (χ3v) is 7.87. The number of esters is 1. The second-order valence-corrected chi connectivity index (χ2v) is 10.8. The Balaban J connectivity index is 1.24. The first-order chi connectivity index (χ1) is 22.4. The Morgan fingerprint density at radius 2 is 1.93 bits per heavy atom. The first-order valence-electron chi connectivity index (χ1n) is 14.6. The van der Waals surface area contributed by atoms with Gasteiger partial charge in [-0.25, -0.2) is 23.8 Å². The molecule has 0 radical (unpaired) electrons. The number of likely N-dealkylation sites (N-methyl/N-ethyl adjacent to an activating group) is 1. The Hall–Kier alpha value is -5.25. The van der Waals surface area contributed by atoms with Gasteiger partial charge in [0.05, 0.1) is 54.9 Å². The SMILES string of the molecule is COC[C@H](C(=O)Nc1cccc2c(-c3nc(Nc4cnn(-c5ccncc5C(=O)OC)c4)ncc3F)c[nH]c12)N1CCN(C)CC1. The number of carbonyl (C=O) groups excluding carboxylic acids is 2. The van der Waals surface area contributed by atoms with Crippen molar-refractivity contribution in [1.82, 2.24) is 39.5 Å². The average molecular weight is 629 g/mol. The molecule has 1 saturated heterocycles. The molecule has 6 rings (SSSR count). The number of anilines is 3. The number of carbonyl (C=O) groups is 2. The summed E-state index contributed by atoms with van der Waals surface area (Å²) in [7, 11) is 4.94. The molecule has 0 spiro atoms. The summed E-state index contributed by atoms with van der Waals surface area (Å²) in [6.07, 6.45) is 8.83. The average Bonchev–Trinajstić information content (AvgIpc) is 3.72. The minimum atomic E-state index is -0.619. The van der Waals surface area contributed by atoms with Crippen LogP contribution in [0.4, 0.5) is 21.7 Å². The first kappa shape index (κ1) is 30.8. The number of amides is 1. The summed E-state index contributed by atoms with van der Waals surface area (Å²) in [6, 6.07) is 6.60. The van der Waals surface area contributed by atoms with Crippen molar-refractivity contribution in [1.29, 1.82) is 0 Å². The molecule has 3 N–H and O–H groups in total. The van der Waals surface area contributed by atoms with E-state index >= 15 is 4.39 Å². The highest BCUT2D eigenvalue weighted by Gasteiger charge is 2.29. The lowest BCUT2D eigenvalue weighted by Crippen LogP contribution is -2.54. The number of nitrogens with zero attached hydrogens (tertiary/aromatic N) is 7. The van der Waals surface area contributed by atoms with E-state index in [0.29, 0.717) is 33.5 Å². The number of rotatable bonds is 10. The molecule has 14 nitrogen and oxygen atoms in total.